The number of anilines is 1. The number of aryl methyl sites for hydroxylation is 1. The second-order valence-corrected chi connectivity index (χ2v) is 17.5. The van der Waals surface area contributed by atoms with E-state index in [0.29, 0.717) is 34.8 Å². The van der Waals surface area contributed by atoms with Crippen LogP contribution in [0.2, 0.25) is 0 Å². The molecule has 0 saturated heterocycles. The molecule has 0 radical (unpaired) electrons. The molecule has 1 saturated carbocycles. The van der Waals surface area contributed by atoms with Gasteiger partial charge >= 0.3 is 6.09 Å². The summed E-state index contributed by atoms with van der Waals surface area (Å²) >= 11 is 0. The molecule has 4 aromatic rings. The number of halogens is 1. The average Bonchev–Trinajstić information content (AvgIpc) is 3.84. The van der Waals surface area contributed by atoms with Crippen LogP contribution in [0.5, 0.6) is 0 Å². The molecule has 11 nitrogen and oxygen atoms in total. The third-order valence-corrected chi connectivity index (χ3v) is 10.5. The molecule has 1 aliphatic carbocycles. The van der Waals surface area contributed by atoms with Gasteiger partial charge in [-0.3, -0.25) is 9.59 Å². The number of carbonyl (C=O) groups excluding carboxylic acids is 3. The zero-order valence-electron chi connectivity index (χ0n) is 31.3. The number of nitrogens with zero attached hydrogens (tertiary/aromatic N) is 2. The van der Waals surface area contributed by atoms with Gasteiger partial charge in [0.15, 0.2) is 0 Å². The smallest absolute Gasteiger partial charge is 0.407 e. The highest BCUT2D eigenvalue weighted by Crippen LogP contribution is 2.43. The van der Waals surface area contributed by atoms with Gasteiger partial charge in [0.1, 0.15) is 17.1 Å². The highest BCUT2D eigenvalue weighted by Gasteiger charge is 2.40. The molecule has 1 fully saturated rings. The van der Waals surface area contributed by atoms with E-state index in [0.717, 1.165) is 30.4 Å². The van der Waals surface area contributed by atoms with Gasteiger partial charge in [0, 0.05) is 12.1 Å². The van der Waals surface area contributed by atoms with Gasteiger partial charge in [-0.25, -0.2) is 22.8 Å². The molecule has 3 amide bonds. The quantitative estimate of drug-likeness (QED) is 0.114. The summed E-state index contributed by atoms with van der Waals surface area (Å²) in [5.41, 5.74) is 7.44. The molecule has 3 aromatic carbocycles. The number of alkyl carbamates (subject to hydrolysis) is 1. The Bertz CT molecular complexity index is 2010. The second-order valence-electron chi connectivity index (χ2n) is 15.6. The SMILES string of the molecule is Cc1cc(C(=O)Nc2cc(C(CCC3CC3)(N[S@](=O)C(C)(C)C)c3ccc(C(N)=O)cc3)ccc2F)n(-c2cccc(CNC(=O)OC(C)(C)C)c2)n1. The molecule has 5 rings (SSSR count). The number of hydrogen-bond acceptors (Lipinski definition) is 6. The van der Waals surface area contributed by atoms with E-state index in [9.17, 15) is 18.6 Å². The Balaban J connectivity index is 1.49. The molecule has 5 N–H and O–H groups in total. The fourth-order valence-electron chi connectivity index (χ4n) is 5.90. The van der Waals surface area contributed by atoms with E-state index in [4.69, 9.17) is 10.5 Å². The Labute approximate surface area is 312 Å². The van der Waals surface area contributed by atoms with E-state index in [2.05, 4.69) is 20.5 Å². The Morgan fingerprint density at radius 3 is 2.26 bits per heavy atom. The van der Waals surface area contributed by atoms with Gasteiger partial charge in [-0.2, -0.15) is 5.10 Å². The number of primary amides is 1. The Morgan fingerprint density at radius 1 is 0.962 bits per heavy atom. The third kappa shape index (κ3) is 9.96. The van der Waals surface area contributed by atoms with E-state index in [1.54, 1.807) is 88.4 Å². The van der Waals surface area contributed by atoms with E-state index in [1.807, 2.05) is 26.8 Å². The van der Waals surface area contributed by atoms with Crippen LogP contribution in [-0.2, 0) is 27.8 Å². The second kappa shape index (κ2) is 15.6. The number of nitrogens with two attached hydrogens (primary N) is 1. The van der Waals surface area contributed by atoms with E-state index < -0.39 is 50.6 Å². The van der Waals surface area contributed by atoms with Crippen LogP contribution in [0.1, 0.15) is 110 Å². The van der Waals surface area contributed by atoms with Crippen LogP contribution in [0.4, 0.5) is 14.9 Å². The van der Waals surface area contributed by atoms with Gasteiger partial charge < -0.3 is 21.1 Å². The number of benzene rings is 3. The topological polar surface area (TPSA) is 157 Å². The summed E-state index contributed by atoms with van der Waals surface area (Å²) in [6, 6.07) is 20.1. The monoisotopic (exact) mass is 744 g/mol. The number of aromatic nitrogens is 2. The third-order valence-electron chi connectivity index (χ3n) is 8.87. The van der Waals surface area contributed by atoms with Crippen molar-refractivity contribution in [3.8, 4) is 5.69 Å². The van der Waals surface area contributed by atoms with Gasteiger partial charge in [-0.1, -0.05) is 43.2 Å². The molecular weight excluding hydrogens is 696 g/mol. The van der Waals surface area contributed by atoms with Crippen molar-refractivity contribution in [1.82, 2.24) is 19.8 Å². The Kier molecular flexibility index (Phi) is 11.6. The predicted octanol–water partition coefficient (Wildman–Crippen LogP) is 7.18. The molecular formula is C40H49FN6O5S. The van der Waals surface area contributed by atoms with E-state index >= 15 is 4.39 Å². The molecule has 1 aliphatic rings. The minimum atomic E-state index is -1.57. The van der Waals surface area contributed by atoms with E-state index in [-0.39, 0.29) is 17.9 Å². The summed E-state index contributed by atoms with van der Waals surface area (Å²) in [7, 11) is -1.57. The van der Waals surface area contributed by atoms with Crippen molar-refractivity contribution >= 4 is 34.6 Å². The number of rotatable bonds is 13. The van der Waals surface area contributed by atoms with Crippen molar-refractivity contribution in [2.24, 2.45) is 11.7 Å². The first kappa shape index (κ1) is 39.3. The van der Waals surface area contributed by atoms with Crippen molar-refractivity contribution in [3.05, 3.63) is 112 Å². The summed E-state index contributed by atoms with van der Waals surface area (Å²) in [6.07, 6.45) is 2.98. The minimum Gasteiger partial charge on any atom is -0.444 e. The molecule has 0 bridgehead atoms. The zero-order chi connectivity index (χ0) is 38.7. The van der Waals surface area contributed by atoms with Gasteiger partial charge in [0.2, 0.25) is 5.91 Å². The largest absolute Gasteiger partial charge is 0.444 e. The first-order chi connectivity index (χ1) is 24.8. The lowest BCUT2D eigenvalue weighted by Crippen LogP contribution is -2.49. The summed E-state index contributed by atoms with van der Waals surface area (Å²) < 4.78 is 39.1. The lowest BCUT2D eigenvalue weighted by atomic mass is 9.79. The van der Waals surface area contributed by atoms with Crippen molar-refractivity contribution < 1.29 is 27.7 Å². The molecule has 0 spiro atoms. The average molecular weight is 745 g/mol. The highest BCUT2D eigenvalue weighted by molar-refractivity contribution is 7.84. The fourth-order valence-corrected chi connectivity index (χ4v) is 6.86. The minimum absolute atomic E-state index is 0.0684. The van der Waals surface area contributed by atoms with Crippen LogP contribution in [0.3, 0.4) is 0 Å². The number of hydrogen-bond donors (Lipinski definition) is 4. The van der Waals surface area contributed by atoms with Crippen LogP contribution >= 0.6 is 0 Å². The summed E-state index contributed by atoms with van der Waals surface area (Å²) in [4.78, 5) is 38.1. The van der Waals surface area contributed by atoms with Gasteiger partial charge in [0.05, 0.1) is 38.3 Å². The number of carbonyl (C=O) groups is 3. The lowest BCUT2D eigenvalue weighted by molar-refractivity contribution is 0.0523. The van der Waals surface area contributed by atoms with Crippen molar-refractivity contribution in [2.45, 2.75) is 96.6 Å². The van der Waals surface area contributed by atoms with Crippen LogP contribution in [0.15, 0.2) is 72.8 Å². The molecule has 1 heterocycles. The summed E-state index contributed by atoms with van der Waals surface area (Å²) in [5, 5.41) is 10.0. The Morgan fingerprint density at radius 2 is 1.64 bits per heavy atom. The Hall–Kier alpha value is -4.88. The van der Waals surface area contributed by atoms with Crippen molar-refractivity contribution in [2.75, 3.05) is 5.32 Å². The van der Waals surface area contributed by atoms with Crippen LogP contribution in [0, 0.1) is 18.7 Å². The molecule has 282 valence electrons. The van der Waals surface area contributed by atoms with Crippen LogP contribution in [-0.4, -0.2) is 42.2 Å². The first-order valence-electron chi connectivity index (χ1n) is 17.7. The normalized spacial score (nSPS) is 14.9. The maximum Gasteiger partial charge on any atom is 0.407 e. The number of amides is 3. The predicted molar refractivity (Wildman–Crippen MR) is 204 cm³/mol. The summed E-state index contributed by atoms with van der Waals surface area (Å²) in [6.45, 7) is 12.9. The highest BCUT2D eigenvalue weighted by atomic mass is 32.2. The van der Waals surface area contributed by atoms with Gasteiger partial charge in [-0.05, 0) is 126 Å². The molecule has 0 aliphatic heterocycles. The first-order valence-corrected chi connectivity index (χ1v) is 18.8. The maximum absolute atomic E-state index is 15.7. The zero-order valence-corrected chi connectivity index (χ0v) is 32.2. The lowest BCUT2D eigenvalue weighted by Gasteiger charge is -2.38. The standard InChI is InChI=1S/C40H49FN6O5S/c1-25-21-34(47(45-25)31-10-8-9-27(22-31)24-43-37(50)52-38(2,3)4)36(49)44-33-23-30(17-18-32(33)41)40(20-19-26-11-12-26,46-53(51)39(5,6)7)29-15-13-28(14-16-29)35(42)48/h8-10,13-18,21-23,26,46H,11-12,19-20,24H2,1-7H3,(H2,42,48)(H,43,50)(H,44,49)/t40?,53-/m1/s1. The summed E-state index contributed by atoms with van der Waals surface area (Å²) in [5.74, 6) is -1.31. The fraction of sp³-hybridized carbons (Fsp3) is 0.400. The molecule has 2 atom stereocenters. The molecule has 13 heteroatoms. The maximum atomic E-state index is 15.7. The van der Waals surface area contributed by atoms with E-state index in [1.165, 1.54) is 10.7 Å². The van der Waals surface area contributed by atoms with Crippen LogP contribution in [0.25, 0.3) is 5.69 Å². The number of ether oxygens (including phenoxy) is 1. The van der Waals surface area contributed by atoms with Crippen molar-refractivity contribution in [3.63, 3.8) is 0 Å². The van der Waals surface area contributed by atoms with Crippen LogP contribution < -0.4 is 21.1 Å². The molecule has 53 heavy (non-hydrogen) atoms. The number of nitrogens with one attached hydrogen (secondary N) is 3. The molecule has 1 unspecified atom stereocenters. The van der Waals surface area contributed by atoms with Gasteiger partial charge in [-0.15, -0.1) is 0 Å². The van der Waals surface area contributed by atoms with Gasteiger partial charge in [0.25, 0.3) is 5.91 Å². The van der Waals surface area contributed by atoms with Crippen molar-refractivity contribution in [1.29, 1.82) is 0 Å². The molecule has 1 aromatic heterocycles.